The average molecular weight is 269 g/mol. The van der Waals surface area contributed by atoms with Gasteiger partial charge in [-0.2, -0.15) is 0 Å². The maximum absolute atomic E-state index is 5.53. The topological polar surface area (TPSA) is 9.23 Å². The Labute approximate surface area is 122 Å². The summed E-state index contributed by atoms with van der Waals surface area (Å²) >= 11 is 0. The second-order valence-electron chi connectivity index (χ2n) is 5.72. The maximum Gasteiger partial charge on any atom is 0.0836 e. The minimum atomic E-state index is 0.933. The molecule has 0 saturated carbocycles. The number of rotatable bonds is 16. The zero-order chi connectivity index (χ0) is 14.0. The van der Waals surface area contributed by atoms with Gasteiger partial charge in [0.05, 0.1) is 6.61 Å². The van der Waals surface area contributed by atoms with E-state index in [4.69, 9.17) is 4.74 Å². The van der Waals surface area contributed by atoms with Crippen molar-refractivity contribution in [2.75, 3.05) is 6.61 Å². The molecule has 0 aromatic carbocycles. The monoisotopic (exact) mass is 269 g/mol. The van der Waals surface area contributed by atoms with Gasteiger partial charge in [0.2, 0.25) is 0 Å². The quantitative estimate of drug-likeness (QED) is 0.284. The van der Waals surface area contributed by atoms with Gasteiger partial charge in [-0.05, 0) is 12.8 Å². The van der Waals surface area contributed by atoms with Gasteiger partial charge in [0.25, 0.3) is 0 Å². The summed E-state index contributed by atoms with van der Waals surface area (Å²) in [5, 5.41) is 0. The van der Waals surface area contributed by atoms with Gasteiger partial charge in [-0.25, -0.2) is 0 Å². The van der Waals surface area contributed by atoms with Gasteiger partial charge in [0, 0.05) is 6.61 Å². The van der Waals surface area contributed by atoms with Gasteiger partial charge in [0.1, 0.15) is 0 Å². The molecule has 0 rings (SSSR count). The van der Waals surface area contributed by atoms with Crippen LogP contribution in [0.1, 0.15) is 104 Å². The van der Waals surface area contributed by atoms with Crippen LogP contribution in [-0.4, -0.2) is 6.61 Å². The first-order valence-electron chi connectivity index (χ1n) is 8.85. The number of hydrogen-bond donors (Lipinski definition) is 0. The Hall–Kier alpha value is -0.0400. The molecule has 1 nitrogen and oxygen atoms in total. The molecule has 115 valence electrons. The highest BCUT2D eigenvalue weighted by molar-refractivity contribution is 4.52. The van der Waals surface area contributed by atoms with Crippen LogP contribution in [0.25, 0.3) is 0 Å². The Balaban J connectivity index is 2.88. The van der Waals surface area contributed by atoms with E-state index in [2.05, 4.69) is 13.8 Å². The van der Waals surface area contributed by atoms with Crippen LogP contribution in [0, 0.1) is 6.61 Å². The molecule has 0 aliphatic rings. The molecule has 0 saturated heterocycles. The van der Waals surface area contributed by atoms with Crippen molar-refractivity contribution >= 4 is 0 Å². The first-order valence-corrected chi connectivity index (χ1v) is 8.85. The molecule has 0 aromatic rings. The Morgan fingerprint density at radius 1 is 0.579 bits per heavy atom. The van der Waals surface area contributed by atoms with Crippen LogP contribution >= 0.6 is 0 Å². The van der Waals surface area contributed by atoms with Crippen molar-refractivity contribution in [2.24, 2.45) is 0 Å². The third-order valence-corrected chi connectivity index (χ3v) is 3.66. The Morgan fingerprint density at radius 3 is 1.63 bits per heavy atom. The molecule has 0 aromatic heterocycles. The van der Waals surface area contributed by atoms with E-state index >= 15 is 0 Å². The third kappa shape index (κ3) is 18.0. The minimum absolute atomic E-state index is 0.933. The molecule has 1 heteroatoms. The van der Waals surface area contributed by atoms with Crippen molar-refractivity contribution in [3.8, 4) is 0 Å². The lowest BCUT2D eigenvalue weighted by molar-refractivity contribution is 0.184. The van der Waals surface area contributed by atoms with Crippen LogP contribution < -0.4 is 0 Å². The Morgan fingerprint density at radius 2 is 1.05 bits per heavy atom. The zero-order valence-corrected chi connectivity index (χ0v) is 13.6. The highest BCUT2D eigenvalue weighted by Gasteiger charge is 1.94. The molecular formula is C18H37O. The molecule has 0 N–H and O–H groups in total. The normalized spacial score (nSPS) is 11.1. The summed E-state index contributed by atoms with van der Waals surface area (Å²) in [5.41, 5.74) is 0. The van der Waals surface area contributed by atoms with Crippen molar-refractivity contribution in [3.05, 3.63) is 6.61 Å². The second kappa shape index (κ2) is 18.0. The fourth-order valence-corrected chi connectivity index (χ4v) is 2.32. The van der Waals surface area contributed by atoms with Gasteiger partial charge < -0.3 is 4.74 Å². The largest absolute Gasteiger partial charge is 0.376 e. The number of hydrogen-bond acceptors (Lipinski definition) is 1. The van der Waals surface area contributed by atoms with Crippen molar-refractivity contribution in [3.63, 3.8) is 0 Å². The van der Waals surface area contributed by atoms with Gasteiger partial charge in [-0.1, -0.05) is 90.9 Å². The first-order chi connectivity index (χ1) is 9.41. The molecule has 0 aliphatic carbocycles. The van der Waals surface area contributed by atoms with E-state index < -0.39 is 0 Å². The van der Waals surface area contributed by atoms with E-state index in [0.29, 0.717) is 0 Å². The van der Waals surface area contributed by atoms with Gasteiger partial charge in [-0.15, -0.1) is 0 Å². The maximum atomic E-state index is 5.53. The van der Waals surface area contributed by atoms with Crippen LogP contribution in [0.3, 0.4) is 0 Å². The lowest BCUT2D eigenvalue weighted by Crippen LogP contribution is -1.92. The van der Waals surface area contributed by atoms with Crippen LogP contribution in [0.5, 0.6) is 0 Å². The van der Waals surface area contributed by atoms with Crippen molar-refractivity contribution in [1.29, 1.82) is 0 Å². The van der Waals surface area contributed by atoms with Crippen molar-refractivity contribution in [1.82, 2.24) is 0 Å². The molecule has 0 unspecified atom stereocenters. The summed E-state index contributed by atoms with van der Waals surface area (Å²) in [6.07, 6.45) is 19.0. The fraction of sp³-hybridized carbons (Fsp3) is 0.944. The van der Waals surface area contributed by atoms with Crippen molar-refractivity contribution in [2.45, 2.75) is 104 Å². The molecule has 0 atom stereocenters. The highest BCUT2D eigenvalue weighted by Crippen LogP contribution is 2.10. The predicted molar refractivity (Wildman–Crippen MR) is 86.2 cm³/mol. The molecule has 0 bridgehead atoms. The second-order valence-corrected chi connectivity index (χ2v) is 5.72. The minimum Gasteiger partial charge on any atom is -0.376 e. The summed E-state index contributed by atoms with van der Waals surface area (Å²) in [4.78, 5) is 0. The van der Waals surface area contributed by atoms with E-state index in [1.54, 1.807) is 0 Å². The molecule has 0 amide bonds. The standard InChI is InChI=1S/C18H37O/c1-3-5-7-9-10-11-12-13-14-16-18-19-17-15-8-6-4-2/h17H,3-16,18H2,1-2H3. The Bertz CT molecular complexity index is 129. The van der Waals surface area contributed by atoms with E-state index in [0.717, 1.165) is 13.0 Å². The van der Waals surface area contributed by atoms with E-state index in [1.165, 1.54) is 83.5 Å². The van der Waals surface area contributed by atoms with Gasteiger partial charge in [0.15, 0.2) is 0 Å². The van der Waals surface area contributed by atoms with Gasteiger partial charge >= 0.3 is 0 Å². The summed E-state index contributed by atoms with van der Waals surface area (Å²) in [6, 6.07) is 0. The molecule has 1 radical (unpaired) electrons. The van der Waals surface area contributed by atoms with E-state index in [9.17, 15) is 0 Å². The highest BCUT2D eigenvalue weighted by atomic mass is 16.5. The van der Waals surface area contributed by atoms with E-state index in [1.807, 2.05) is 6.61 Å². The summed E-state index contributed by atoms with van der Waals surface area (Å²) < 4.78 is 5.53. The lowest BCUT2D eigenvalue weighted by Gasteiger charge is -2.04. The van der Waals surface area contributed by atoms with E-state index in [-0.39, 0.29) is 0 Å². The third-order valence-electron chi connectivity index (χ3n) is 3.66. The SMILES string of the molecule is CCCCC[CH]OCCCCCCCCCCCC. The first kappa shape index (κ1) is 19.0. The van der Waals surface area contributed by atoms with Crippen LogP contribution in [-0.2, 0) is 4.74 Å². The smallest absolute Gasteiger partial charge is 0.0836 e. The molecular weight excluding hydrogens is 232 g/mol. The average Bonchev–Trinajstić information content (AvgIpc) is 2.43. The Kier molecular flexibility index (Phi) is 17.9. The fourth-order valence-electron chi connectivity index (χ4n) is 2.32. The van der Waals surface area contributed by atoms with Gasteiger partial charge in [-0.3, -0.25) is 0 Å². The lowest BCUT2D eigenvalue weighted by atomic mass is 10.1. The molecule has 0 heterocycles. The van der Waals surface area contributed by atoms with Crippen LogP contribution in [0.4, 0.5) is 0 Å². The van der Waals surface area contributed by atoms with Crippen LogP contribution in [0.15, 0.2) is 0 Å². The summed E-state index contributed by atoms with van der Waals surface area (Å²) in [6.45, 7) is 7.47. The molecule has 0 fully saturated rings. The molecule has 0 spiro atoms. The summed E-state index contributed by atoms with van der Waals surface area (Å²) in [7, 11) is 0. The summed E-state index contributed by atoms with van der Waals surface area (Å²) in [5.74, 6) is 0. The number of unbranched alkanes of at least 4 members (excludes halogenated alkanes) is 12. The zero-order valence-electron chi connectivity index (χ0n) is 13.6. The van der Waals surface area contributed by atoms with Crippen molar-refractivity contribution < 1.29 is 4.74 Å². The molecule has 0 aliphatic heterocycles. The molecule has 19 heavy (non-hydrogen) atoms. The number of ether oxygens (including phenoxy) is 1. The van der Waals surface area contributed by atoms with Crippen LogP contribution in [0.2, 0.25) is 0 Å². The predicted octanol–water partition coefficient (Wildman–Crippen LogP) is 6.67.